The Balaban J connectivity index is 1.28. The van der Waals surface area contributed by atoms with Gasteiger partial charge in [0.25, 0.3) is 0 Å². The second-order valence-corrected chi connectivity index (χ2v) is 11.4. The molecule has 11 nitrogen and oxygen atoms in total. The molecular weight excluding hydrogens is 496 g/mol. The molecule has 11 heteroatoms. The van der Waals surface area contributed by atoms with Crippen molar-refractivity contribution in [2.75, 3.05) is 51.6 Å². The van der Waals surface area contributed by atoms with Crippen LogP contribution in [0.15, 0.2) is 41.3 Å². The fraction of sp³-hybridized carbons (Fsp3) is 0.571. The first-order chi connectivity index (χ1) is 18.5. The van der Waals surface area contributed by atoms with Gasteiger partial charge in [-0.1, -0.05) is 12.1 Å². The normalized spacial score (nSPS) is 19.9. The molecule has 39 heavy (non-hydrogen) atoms. The molecule has 1 saturated carbocycles. The number of carbonyl (C=O) groups is 2. The summed E-state index contributed by atoms with van der Waals surface area (Å²) in [7, 11) is 2.19. The number of urea groups is 1. The molecule has 2 heterocycles. The van der Waals surface area contributed by atoms with Gasteiger partial charge in [-0.25, -0.2) is 9.59 Å². The van der Waals surface area contributed by atoms with Crippen molar-refractivity contribution in [2.45, 2.75) is 51.1 Å². The lowest BCUT2D eigenvalue weighted by Crippen LogP contribution is -2.58. The van der Waals surface area contributed by atoms with Gasteiger partial charge in [-0.3, -0.25) is 14.7 Å². The number of nitrogens with two attached hydrogens (primary N) is 2. The lowest BCUT2D eigenvalue weighted by Gasteiger charge is -2.37. The van der Waals surface area contributed by atoms with E-state index in [1.807, 2.05) is 24.3 Å². The minimum Gasteiger partial charge on any atom is -0.338 e. The summed E-state index contributed by atoms with van der Waals surface area (Å²) in [4.78, 5) is 47.5. The van der Waals surface area contributed by atoms with Gasteiger partial charge >= 0.3 is 11.7 Å². The predicted octanol–water partition coefficient (Wildman–Crippen LogP) is 1.25. The van der Waals surface area contributed by atoms with Gasteiger partial charge in [-0.05, 0) is 82.8 Å². The second kappa shape index (κ2) is 12.3. The number of anilines is 1. The second-order valence-electron chi connectivity index (χ2n) is 11.4. The molecule has 1 aliphatic carbocycles. The number of piperazine rings is 1. The van der Waals surface area contributed by atoms with Crippen molar-refractivity contribution in [3.63, 3.8) is 0 Å². The third-order valence-corrected chi connectivity index (χ3v) is 7.88. The fourth-order valence-corrected chi connectivity index (χ4v) is 5.35. The molecule has 1 saturated heterocycles. The Morgan fingerprint density at radius 2 is 1.74 bits per heavy atom. The van der Waals surface area contributed by atoms with Crippen LogP contribution < -0.4 is 22.5 Å². The van der Waals surface area contributed by atoms with E-state index in [0.717, 1.165) is 19.5 Å². The van der Waals surface area contributed by atoms with Crippen molar-refractivity contribution in [3.05, 3.63) is 52.6 Å². The van der Waals surface area contributed by atoms with E-state index in [-0.39, 0.29) is 17.8 Å². The summed E-state index contributed by atoms with van der Waals surface area (Å²) < 4.78 is 1.45. The van der Waals surface area contributed by atoms with E-state index in [9.17, 15) is 14.4 Å². The van der Waals surface area contributed by atoms with Crippen molar-refractivity contribution in [3.8, 4) is 5.69 Å². The van der Waals surface area contributed by atoms with Gasteiger partial charge in [0.2, 0.25) is 5.91 Å². The van der Waals surface area contributed by atoms with Crippen molar-refractivity contribution >= 4 is 17.8 Å². The first kappa shape index (κ1) is 28.7. The number of benzene rings is 1. The van der Waals surface area contributed by atoms with Crippen LogP contribution >= 0.6 is 0 Å². The minimum absolute atomic E-state index is 0.140. The van der Waals surface area contributed by atoms with Crippen molar-refractivity contribution < 1.29 is 9.59 Å². The molecule has 1 aromatic carbocycles. The quantitative estimate of drug-likeness (QED) is 0.459. The van der Waals surface area contributed by atoms with Crippen LogP contribution in [0, 0.1) is 5.92 Å². The standard InChI is InChI=1S/C28H42N8O3/c1-28(2,30)25(37)34-14-16-35(17-15-34)26(38)31-24-11-13-36(27(39)32-24)22-7-4-20(5-8-22)10-12-33(3)23-9-6-21(18-23)19-29/h4-5,7-8,11,13,21,23H,6,9-10,12,14-19,29-30H2,1-3H3,(H,31,32,38,39)/t21-,23+/m1/s1. The molecule has 5 N–H and O–H groups in total. The Hall–Kier alpha value is -3.28. The van der Waals surface area contributed by atoms with Crippen LogP contribution in [-0.2, 0) is 11.2 Å². The van der Waals surface area contributed by atoms with Gasteiger partial charge in [-0.2, -0.15) is 4.98 Å². The summed E-state index contributed by atoms with van der Waals surface area (Å²) in [6.45, 7) is 6.67. The third-order valence-electron chi connectivity index (χ3n) is 7.88. The number of nitrogens with one attached hydrogen (secondary N) is 1. The number of carbonyl (C=O) groups excluding carboxylic acids is 2. The van der Waals surface area contributed by atoms with Crippen molar-refractivity contribution in [1.82, 2.24) is 24.3 Å². The Morgan fingerprint density at radius 3 is 2.33 bits per heavy atom. The number of hydrogen-bond acceptors (Lipinski definition) is 7. The molecule has 0 bridgehead atoms. The van der Waals surface area contributed by atoms with E-state index in [1.54, 1.807) is 35.9 Å². The Kier molecular flexibility index (Phi) is 9.04. The highest BCUT2D eigenvalue weighted by atomic mass is 16.2. The van der Waals surface area contributed by atoms with E-state index in [2.05, 4.69) is 22.2 Å². The van der Waals surface area contributed by atoms with Crippen LogP contribution in [0.3, 0.4) is 0 Å². The summed E-state index contributed by atoms with van der Waals surface area (Å²) in [6.07, 6.45) is 6.17. The van der Waals surface area contributed by atoms with Gasteiger partial charge < -0.3 is 26.2 Å². The van der Waals surface area contributed by atoms with E-state index >= 15 is 0 Å². The molecule has 2 aliphatic rings. The number of amides is 3. The average molecular weight is 539 g/mol. The SMILES string of the molecule is CN(CCc1ccc(-n2ccc(NC(=O)N3CCN(C(=O)C(C)(C)N)CC3)nc2=O)cc1)[C@H]1CC[C@@H](CN)C1. The molecule has 2 atom stereocenters. The van der Waals surface area contributed by atoms with E-state index in [0.29, 0.717) is 43.8 Å². The van der Waals surface area contributed by atoms with Gasteiger partial charge in [0.15, 0.2) is 0 Å². The van der Waals surface area contributed by atoms with Crippen LogP contribution in [0.1, 0.15) is 38.7 Å². The Labute approximate surface area is 230 Å². The number of rotatable bonds is 8. The molecule has 3 amide bonds. The van der Waals surface area contributed by atoms with E-state index in [4.69, 9.17) is 11.5 Å². The maximum Gasteiger partial charge on any atom is 0.354 e. The predicted molar refractivity (Wildman–Crippen MR) is 152 cm³/mol. The summed E-state index contributed by atoms with van der Waals surface area (Å²) in [5.74, 6) is 0.699. The summed E-state index contributed by atoms with van der Waals surface area (Å²) in [5, 5.41) is 2.69. The van der Waals surface area contributed by atoms with Crippen LogP contribution in [0.25, 0.3) is 5.69 Å². The number of nitrogens with zero attached hydrogens (tertiary/aromatic N) is 5. The molecule has 1 aliphatic heterocycles. The maximum absolute atomic E-state index is 12.7. The molecule has 2 fully saturated rings. The smallest absolute Gasteiger partial charge is 0.338 e. The topological polar surface area (TPSA) is 143 Å². The van der Waals surface area contributed by atoms with E-state index < -0.39 is 11.2 Å². The molecule has 2 aromatic rings. The highest BCUT2D eigenvalue weighted by Crippen LogP contribution is 2.28. The molecular formula is C28H42N8O3. The highest BCUT2D eigenvalue weighted by Gasteiger charge is 2.31. The molecule has 1 aromatic heterocycles. The van der Waals surface area contributed by atoms with Gasteiger partial charge in [0.05, 0.1) is 11.2 Å². The number of hydrogen-bond donors (Lipinski definition) is 3. The van der Waals surface area contributed by atoms with E-state index in [1.165, 1.54) is 29.4 Å². The maximum atomic E-state index is 12.7. The van der Waals surface area contributed by atoms with Crippen LogP contribution in [0.2, 0.25) is 0 Å². The molecule has 0 spiro atoms. The summed E-state index contributed by atoms with van der Waals surface area (Å²) in [5.41, 5.74) is 12.2. The lowest BCUT2D eigenvalue weighted by atomic mass is 10.1. The Bertz CT molecular complexity index is 1200. The lowest BCUT2D eigenvalue weighted by molar-refractivity contribution is -0.137. The largest absolute Gasteiger partial charge is 0.354 e. The average Bonchev–Trinajstić information content (AvgIpc) is 3.41. The van der Waals surface area contributed by atoms with Crippen LogP contribution in [0.5, 0.6) is 0 Å². The van der Waals surface area contributed by atoms with Crippen molar-refractivity contribution in [1.29, 1.82) is 0 Å². The zero-order chi connectivity index (χ0) is 28.2. The fourth-order valence-electron chi connectivity index (χ4n) is 5.35. The zero-order valence-electron chi connectivity index (χ0n) is 23.3. The first-order valence-corrected chi connectivity index (χ1v) is 13.8. The molecule has 212 valence electrons. The molecule has 4 rings (SSSR count). The van der Waals surface area contributed by atoms with Crippen LogP contribution in [-0.4, -0.2) is 94.1 Å². The Morgan fingerprint density at radius 1 is 1.08 bits per heavy atom. The number of aromatic nitrogens is 2. The highest BCUT2D eigenvalue weighted by molar-refractivity contribution is 5.89. The van der Waals surface area contributed by atoms with Gasteiger partial charge in [0.1, 0.15) is 5.82 Å². The zero-order valence-corrected chi connectivity index (χ0v) is 23.3. The summed E-state index contributed by atoms with van der Waals surface area (Å²) in [6, 6.07) is 9.77. The van der Waals surface area contributed by atoms with Crippen molar-refractivity contribution in [2.24, 2.45) is 17.4 Å². The monoisotopic (exact) mass is 538 g/mol. The minimum atomic E-state index is -0.945. The van der Waals surface area contributed by atoms with Gasteiger partial charge in [0, 0.05) is 45.0 Å². The molecule has 0 radical (unpaired) electrons. The van der Waals surface area contributed by atoms with Gasteiger partial charge in [-0.15, -0.1) is 0 Å². The molecule has 0 unspecified atom stereocenters. The number of likely N-dealkylation sites (N-methyl/N-ethyl adjacent to an activating group) is 1. The third kappa shape index (κ3) is 7.23. The van der Waals surface area contributed by atoms with Crippen LogP contribution in [0.4, 0.5) is 10.6 Å². The first-order valence-electron chi connectivity index (χ1n) is 13.8. The summed E-state index contributed by atoms with van der Waals surface area (Å²) >= 11 is 0.